The first-order valence-electron chi connectivity index (χ1n) is 9.90. The Balaban J connectivity index is 1.51. The van der Waals surface area contributed by atoms with Gasteiger partial charge in [0.1, 0.15) is 6.54 Å². The van der Waals surface area contributed by atoms with Crippen molar-refractivity contribution in [2.75, 3.05) is 11.4 Å². The summed E-state index contributed by atoms with van der Waals surface area (Å²) in [5.74, 6) is -0.187. The monoisotopic (exact) mass is 388 g/mol. The Morgan fingerprint density at radius 3 is 2.62 bits per heavy atom. The molecule has 6 heteroatoms. The summed E-state index contributed by atoms with van der Waals surface area (Å²) in [5, 5.41) is 7.34. The second kappa shape index (κ2) is 8.31. The highest BCUT2D eigenvalue weighted by molar-refractivity contribution is 5.99. The van der Waals surface area contributed by atoms with Crippen molar-refractivity contribution in [2.24, 2.45) is 0 Å². The predicted octanol–water partition coefficient (Wildman–Crippen LogP) is 3.42. The van der Waals surface area contributed by atoms with Gasteiger partial charge in [-0.05, 0) is 49.1 Å². The van der Waals surface area contributed by atoms with E-state index in [0.717, 1.165) is 35.3 Å². The molecule has 1 aromatic heterocycles. The van der Waals surface area contributed by atoms with Gasteiger partial charge in [0.15, 0.2) is 0 Å². The minimum absolute atomic E-state index is 0.00491. The van der Waals surface area contributed by atoms with E-state index < -0.39 is 0 Å². The van der Waals surface area contributed by atoms with Gasteiger partial charge >= 0.3 is 0 Å². The molecule has 0 saturated carbocycles. The number of hydrogen-bond donors (Lipinski definition) is 1. The van der Waals surface area contributed by atoms with Crippen molar-refractivity contribution in [1.82, 2.24) is 15.1 Å². The normalized spacial score (nSPS) is 14.8. The summed E-state index contributed by atoms with van der Waals surface area (Å²) in [6.07, 6.45) is 5.72. The minimum atomic E-state index is -0.222. The number of rotatable bonds is 5. The van der Waals surface area contributed by atoms with Crippen LogP contribution in [0, 0.1) is 0 Å². The quantitative estimate of drug-likeness (QED) is 0.728. The zero-order chi connectivity index (χ0) is 20.2. The molecule has 1 aliphatic rings. The average Bonchev–Trinajstić information content (AvgIpc) is 3.22. The first-order chi connectivity index (χ1) is 14.1. The minimum Gasteiger partial charge on any atom is -0.348 e. The van der Waals surface area contributed by atoms with Gasteiger partial charge in [0.2, 0.25) is 11.8 Å². The van der Waals surface area contributed by atoms with Crippen LogP contribution in [0.3, 0.4) is 0 Å². The van der Waals surface area contributed by atoms with Crippen LogP contribution < -0.4 is 10.2 Å². The van der Waals surface area contributed by atoms with Gasteiger partial charge in [0.25, 0.3) is 0 Å². The Morgan fingerprint density at radius 1 is 1.07 bits per heavy atom. The second-order valence-electron chi connectivity index (χ2n) is 7.26. The molecular weight excluding hydrogens is 364 g/mol. The van der Waals surface area contributed by atoms with E-state index in [-0.39, 0.29) is 24.4 Å². The molecular formula is C23H24N4O2. The zero-order valence-corrected chi connectivity index (χ0v) is 16.4. The number of carbonyl (C=O) groups is 2. The zero-order valence-electron chi connectivity index (χ0n) is 16.4. The van der Waals surface area contributed by atoms with Gasteiger partial charge in [-0.25, -0.2) is 4.68 Å². The molecule has 1 atom stereocenters. The first kappa shape index (κ1) is 18.9. The maximum atomic E-state index is 12.8. The molecule has 2 aromatic carbocycles. The smallest absolute Gasteiger partial charge is 0.240 e. The number of aryl methyl sites for hydroxylation is 1. The fourth-order valence-corrected chi connectivity index (χ4v) is 3.84. The number of aromatic nitrogens is 2. The molecule has 148 valence electrons. The van der Waals surface area contributed by atoms with Crippen LogP contribution in [0.15, 0.2) is 67.0 Å². The molecule has 2 amide bonds. The summed E-state index contributed by atoms with van der Waals surface area (Å²) in [6.45, 7) is 1.96. The van der Waals surface area contributed by atoms with Gasteiger partial charge in [0.05, 0.1) is 11.7 Å². The van der Waals surface area contributed by atoms with Gasteiger partial charge in [0, 0.05) is 24.5 Å². The van der Waals surface area contributed by atoms with Gasteiger partial charge < -0.3 is 10.2 Å². The molecule has 6 nitrogen and oxygen atoms in total. The first-order valence-corrected chi connectivity index (χ1v) is 9.90. The van der Waals surface area contributed by atoms with Crippen molar-refractivity contribution in [3.05, 3.63) is 78.1 Å². The van der Waals surface area contributed by atoms with E-state index in [4.69, 9.17) is 0 Å². The number of benzene rings is 2. The van der Waals surface area contributed by atoms with Crippen LogP contribution in [0.1, 0.15) is 36.9 Å². The van der Waals surface area contributed by atoms with Crippen LogP contribution in [-0.4, -0.2) is 28.1 Å². The Hall–Kier alpha value is -3.41. The van der Waals surface area contributed by atoms with Crippen molar-refractivity contribution < 1.29 is 9.59 Å². The van der Waals surface area contributed by atoms with Crippen LogP contribution >= 0.6 is 0 Å². The number of nitrogens with one attached hydrogen (secondary N) is 1. The number of amides is 2. The molecule has 4 rings (SSSR count). The molecule has 0 saturated heterocycles. The molecule has 0 spiro atoms. The lowest BCUT2D eigenvalue weighted by Crippen LogP contribution is -2.41. The number of anilines is 1. The lowest BCUT2D eigenvalue weighted by Gasteiger charge is -2.24. The fraction of sp³-hybridized carbons (Fsp3) is 0.261. The van der Waals surface area contributed by atoms with Crippen molar-refractivity contribution in [1.29, 1.82) is 0 Å². The van der Waals surface area contributed by atoms with Crippen LogP contribution in [-0.2, 0) is 16.0 Å². The van der Waals surface area contributed by atoms with E-state index in [2.05, 4.69) is 10.4 Å². The van der Waals surface area contributed by atoms with Crippen molar-refractivity contribution >= 4 is 17.5 Å². The van der Waals surface area contributed by atoms with E-state index in [1.54, 1.807) is 15.8 Å². The molecule has 1 aliphatic heterocycles. The summed E-state index contributed by atoms with van der Waals surface area (Å²) < 4.78 is 1.78. The highest BCUT2D eigenvalue weighted by atomic mass is 16.2. The van der Waals surface area contributed by atoms with E-state index in [1.165, 1.54) is 0 Å². The maximum absolute atomic E-state index is 12.8. The second-order valence-corrected chi connectivity index (χ2v) is 7.26. The van der Waals surface area contributed by atoms with Crippen LogP contribution in [0.2, 0.25) is 0 Å². The number of carbonyl (C=O) groups excluding carboxylic acids is 2. The number of para-hydroxylation sites is 2. The topological polar surface area (TPSA) is 67.2 Å². The van der Waals surface area contributed by atoms with Crippen molar-refractivity contribution in [3.8, 4) is 5.69 Å². The Morgan fingerprint density at radius 2 is 1.83 bits per heavy atom. The Bertz CT molecular complexity index is 1010. The summed E-state index contributed by atoms with van der Waals surface area (Å²) in [5.41, 5.74) is 3.84. The van der Waals surface area contributed by atoms with Crippen LogP contribution in [0.4, 0.5) is 5.69 Å². The largest absolute Gasteiger partial charge is 0.348 e. The molecule has 1 N–H and O–H groups in total. The van der Waals surface area contributed by atoms with Crippen molar-refractivity contribution in [3.63, 3.8) is 0 Å². The van der Waals surface area contributed by atoms with E-state index in [0.29, 0.717) is 6.42 Å². The lowest BCUT2D eigenvalue weighted by molar-refractivity contribution is -0.124. The van der Waals surface area contributed by atoms with Gasteiger partial charge in [-0.15, -0.1) is 0 Å². The molecule has 3 aromatic rings. The summed E-state index contributed by atoms with van der Waals surface area (Å²) in [4.78, 5) is 27.1. The highest BCUT2D eigenvalue weighted by Crippen LogP contribution is 2.27. The third kappa shape index (κ3) is 4.06. The Kier molecular flexibility index (Phi) is 5.42. The number of fused-ring (bicyclic) bond motifs is 1. The molecule has 0 radical (unpaired) electrons. The van der Waals surface area contributed by atoms with Gasteiger partial charge in [-0.2, -0.15) is 5.10 Å². The molecule has 0 fully saturated rings. The van der Waals surface area contributed by atoms with Crippen molar-refractivity contribution in [2.45, 2.75) is 32.2 Å². The molecule has 0 aliphatic carbocycles. The fourth-order valence-electron chi connectivity index (χ4n) is 3.84. The third-order valence-electron chi connectivity index (χ3n) is 5.25. The lowest BCUT2D eigenvalue weighted by atomic mass is 10.1. The Labute approximate surface area is 170 Å². The average molecular weight is 388 g/mol. The van der Waals surface area contributed by atoms with E-state index in [9.17, 15) is 9.59 Å². The molecule has 0 bridgehead atoms. The maximum Gasteiger partial charge on any atom is 0.240 e. The van der Waals surface area contributed by atoms with Gasteiger partial charge in [-0.3, -0.25) is 9.59 Å². The molecule has 0 unspecified atom stereocenters. The van der Waals surface area contributed by atoms with Crippen LogP contribution in [0.5, 0.6) is 0 Å². The summed E-state index contributed by atoms with van der Waals surface area (Å²) in [7, 11) is 0. The SMILES string of the molecule is C[C@@H](NC(=O)CN1C(=O)CCCc2ccccc21)c1ccccc1-n1cccn1. The number of nitrogens with zero attached hydrogens (tertiary/aromatic N) is 3. The summed E-state index contributed by atoms with van der Waals surface area (Å²) in [6, 6.07) is 17.3. The highest BCUT2D eigenvalue weighted by Gasteiger charge is 2.25. The summed E-state index contributed by atoms with van der Waals surface area (Å²) >= 11 is 0. The standard InChI is InChI=1S/C23H24N4O2/c1-17(19-10-3-5-12-21(19)27-15-7-14-24-27)25-22(28)16-26-20-11-4-2-8-18(20)9-6-13-23(26)29/h2-5,7-8,10-12,14-15,17H,6,9,13,16H2,1H3,(H,25,28)/t17-/m1/s1. The van der Waals surface area contributed by atoms with E-state index in [1.807, 2.05) is 67.7 Å². The van der Waals surface area contributed by atoms with Gasteiger partial charge in [-0.1, -0.05) is 36.4 Å². The van der Waals surface area contributed by atoms with Crippen LogP contribution in [0.25, 0.3) is 5.69 Å². The predicted molar refractivity (Wildman–Crippen MR) is 112 cm³/mol. The third-order valence-corrected chi connectivity index (χ3v) is 5.25. The molecule has 29 heavy (non-hydrogen) atoms. The van der Waals surface area contributed by atoms with E-state index >= 15 is 0 Å². The molecule has 2 heterocycles. The number of hydrogen-bond acceptors (Lipinski definition) is 3.